The third-order valence-electron chi connectivity index (χ3n) is 5.46. The highest BCUT2D eigenvalue weighted by molar-refractivity contribution is 5.63. The molecule has 23 heavy (non-hydrogen) atoms. The van der Waals surface area contributed by atoms with Gasteiger partial charge in [0.2, 0.25) is 0 Å². The number of rotatable bonds is 6. The van der Waals surface area contributed by atoms with Crippen LogP contribution in [0.4, 0.5) is 11.4 Å². The van der Waals surface area contributed by atoms with Crippen LogP contribution >= 0.6 is 0 Å². The molecule has 3 rings (SSSR count). The molecule has 0 aromatic heterocycles. The summed E-state index contributed by atoms with van der Waals surface area (Å²) in [5.74, 6) is 0. The number of aliphatic hydroxyl groups is 1. The van der Waals surface area contributed by atoms with Crippen LogP contribution in [0.5, 0.6) is 0 Å². The predicted octanol–water partition coefficient (Wildman–Crippen LogP) is 3.24. The molecule has 2 unspecified atom stereocenters. The number of hydrogen-bond acceptors (Lipinski definition) is 5. The van der Waals surface area contributed by atoms with Crippen LogP contribution in [0.15, 0.2) is 18.2 Å². The van der Waals surface area contributed by atoms with Crippen molar-refractivity contribution in [3.8, 4) is 0 Å². The van der Waals surface area contributed by atoms with Gasteiger partial charge in [-0.15, -0.1) is 0 Å². The summed E-state index contributed by atoms with van der Waals surface area (Å²) in [4.78, 5) is 10.9. The molecule has 126 valence electrons. The summed E-state index contributed by atoms with van der Waals surface area (Å²) in [6, 6.07) is 4.95. The standard InChI is InChI=1S/C17H24N2O4/c1-2-23-16-10-15(17(16)7-3-4-8-17)18-13-9-12(11-20)5-6-14(13)19(21)22/h5-6,9,15-16,18,20H,2-4,7-8,10-11H2,1H3. The molecule has 0 aliphatic heterocycles. The summed E-state index contributed by atoms with van der Waals surface area (Å²) < 4.78 is 5.89. The van der Waals surface area contributed by atoms with E-state index >= 15 is 0 Å². The minimum absolute atomic E-state index is 0.0650. The maximum absolute atomic E-state index is 11.3. The van der Waals surface area contributed by atoms with Gasteiger partial charge in [-0.05, 0) is 43.9 Å². The summed E-state index contributed by atoms with van der Waals surface area (Å²) in [5, 5.41) is 24.0. The maximum atomic E-state index is 11.3. The van der Waals surface area contributed by atoms with Gasteiger partial charge in [0.1, 0.15) is 5.69 Å². The molecule has 2 aliphatic carbocycles. The zero-order valence-electron chi connectivity index (χ0n) is 13.5. The lowest BCUT2D eigenvalue weighted by atomic mass is 9.60. The molecule has 1 aromatic carbocycles. The first-order chi connectivity index (χ1) is 11.1. The fourth-order valence-corrected chi connectivity index (χ4v) is 4.23. The highest BCUT2D eigenvalue weighted by Gasteiger charge is 2.56. The number of hydrogen-bond donors (Lipinski definition) is 2. The first-order valence-electron chi connectivity index (χ1n) is 8.37. The molecule has 6 nitrogen and oxygen atoms in total. The molecule has 2 atom stereocenters. The number of ether oxygens (including phenoxy) is 1. The lowest BCUT2D eigenvalue weighted by Crippen LogP contribution is -2.60. The van der Waals surface area contributed by atoms with Crippen molar-refractivity contribution in [1.82, 2.24) is 0 Å². The molecular formula is C17H24N2O4. The van der Waals surface area contributed by atoms with Gasteiger partial charge in [0.15, 0.2) is 0 Å². The van der Waals surface area contributed by atoms with Gasteiger partial charge in [0, 0.05) is 24.1 Å². The van der Waals surface area contributed by atoms with E-state index in [1.807, 2.05) is 6.92 Å². The molecule has 0 amide bonds. The van der Waals surface area contributed by atoms with Crippen molar-refractivity contribution in [3.63, 3.8) is 0 Å². The fraction of sp³-hybridized carbons (Fsp3) is 0.647. The number of anilines is 1. The molecule has 0 heterocycles. The SMILES string of the molecule is CCOC1CC(Nc2cc(CO)ccc2[N+](=O)[O-])C12CCCC2. The number of nitro benzene ring substituents is 1. The topological polar surface area (TPSA) is 84.6 Å². The largest absolute Gasteiger partial charge is 0.392 e. The molecule has 0 radical (unpaired) electrons. The average Bonchev–Trinajstić information content (AvgIpc) is 3.06. The Morgan fingerprint density at radius 3 is 2.78 bits per heavy atom. The van der Waals surface area contributed by atoms with E-state index in [0.29, 0.717) is 17.9 Å². The highest BCUT2D eigenvalue weighted by Crippen LogP contribution is 2.56. The first-order valence-corrected chi connectivity index (χ1v) is 8.37. The molecule has 0 saturated heterocycles. The smallest absolute Gasteiger partial charge is 0.292 e. The van der Waals surface area contributed by atoms with E-state index in [1.165, 1.54) is 18.9 Å². The van der Waals surface area contributed by atoms with Gasteiger partial charge in [-0.2, -0.15) is 0 Å². The van der Waals surface area contributed by atoms with E-state index in [9.17, 15) is 15.2 Å². The fourth-order valence-electron chi connectivity index (χ4n) is 4.23. The van der Waals surface area contributed by atoms with E-state index in [2.05, 4.69) is 5.32 Å². The Bertz CT molecular complexity index is 584. The molecule has 1 aromatic rings. The van der Waals surface area contributed by atoms with Crippen LogP contribution in [0.2, 0.25) is 0 Å². The van der Waals surface area contributed by atoms with Crippen molar-refractivity contribution in [3.05, 3.63) is 33.9 Å². The van der Waals surface area contributed by atoms with E-state index in [-0.39, 0.29) is 34.8 Å². The van der Waals surface area contributed by atoms with Crippen LogP contribution in [0.25, 0.3) is 0 Å². The Morgan fingerprint density at radius 1 is 1.43 bits per heavy atom. The van der Waals surface area contributed by atoms with Crippen molar-refractivity contribution in [2.45, 2.75) is 57.8 Å². The Labute approximate surface area is 136 Å². The highest BCUT2D eigenvalue weighted by atomic mass is 16.6. The van der Waals surface area contributed by atoms with E-state index in [1.54, 1.807) is 12.1 Å². The number of nitrogens with zero attached hydrogens (tertiary/aromatic N) is 1. The molecule has 2 aliphatic rings. The second-order valence-electron chi connectivity index (χ2n) is 6.58. The van der Waals surface area contributed by atoms with E-state index in [4.69, 9.17) is 4.74 Å². The Kier molecular flexibility index (Phi) is 4.55. The second kappa shape index (κ2) is 6.45. The predicted molar refractivity (Wildman–Crippen MR) is 87.4 cm³/mol. The zero-order chi connectivity index (χ0) is 16.4. The van der Waals surface area contributed by atoms with Gasteiger partial charge in [0.05, 0.1) is 17.6 Å². The van der Waals surface area contributed by atoms with Gasteiger partial charge < -0.3 is 15.2 Å². The third kappa shape index (κ3) is 2.81. The molecular weight excluding hydrogens is 296 g/mol. The van der Waals surface area contributed by atoms with Gasteiger partial charge in [-0.1, -0.05) is 12.8 Å². The number of aliphatic hydroxyl groups excluding tert-OH is 1. The molecule has 2 fully saturated rings. The summed E-state index contributed by atoms with van der Waals surface area (Å²) in [6.45, 7) is 2.60. The lowest BCUT2D eigenvalue weighted by Gasteiger charge is -2.54. The van der Waals surface area contributed by atoms with Gasteiger partial charge in [0.25, 0.3) is 5.69 Å². The molecule has 1 spiro atoms. The zero-order valence-corrected chi connectivity index (χ0v) is 13.5. The molecule has 2 N–H and O–H groups in total. The van der Waals surface area contributed by atoms with Crippen LogP contribution in [-0.4, -0.2) is 28.8 Å². The van der Waals surface area contributed by atoms with Crippen LogP contribution < -0.4 is 5.32 Å². The number of nitro groups is 1. The van der Waals surface area contributed by atoms with Crippen LogP contribution in [0.3, 0.4) is 0 Å². The number of benzene rings is 1. The molecule has 6 heteroatoms. The van der Waals surface area contributed by atoms with Crippen molar-refractivity contribution in [2.24, 2.45) is 5.41 Å². The van der Waals surface area contributed by atoms with Gasteiger partial charge in [-0.3, -0.25) is 10.1 Å². The van der Waals surface area contributed by atoms with Crippen molar-refractivity contribution >= 4 is 11.4 Å². The van der Waals surface area contributed by atoms with Crippen molar-refractivity contribution in [1.29, 1.82) is 0 Å². The Hall–Kier alpha value is -1.66. The van der Waals surface area contributed by atoms with Crippen LogP contribution in [-0.2, 0) is 11.3 Å². The Morgan fingerprint density at radius 2 is 2.17 bits per heavy atom. The second-order valence-corrected chi connectivity index (χ2v) is 6.58. The minimum atomic E-state index is -0.372. The van der Waals surface area contributed by atoms with E-state index in [0.717, 1.165) is 19.3 Å². The van der Waals surface area contributed by atoms with Crippen molar-refractivity contribution in [2.75, 3.05) is 11.9 Å². The maximum Gasteiger partial charge on any atom is 0.292 e. The number of nitrogens with one attached hydrogen (secondary N) is 1. The normalized spacial score (nSPS) is 25.3. The van der Waals surface area contributed by atoms with E-state index < -0.39 is 0 Å². The quantitative estimate of drug-likeness (QED) is 0.621. The molecule has 0 bridgehead atoms. The van der Waals surface area contributed by atoms with Crippen LogP contribution in [0.1, 0.15) is 44.6 Å². The average molecular weight is 320 g/mol. The lowest BCUT2D eigenvalue weighted by molar-refractivity contribution is -0.384. The van der Waals surface area contributed by atoms with Gasteiger partial charge in [-0.25, -0.2) is 0 Å². The summed E-state index contributed by atoms with van der Waals surface area (Å²) in [7, 11) is 0. The molecule has 2 saturated carbocycles. The van der Waals surface area contributed by atoms with Crippen molar-refractivity contribution < 1.29 is 14.8 Å². The summed E-state index contributed by atoms with van der Waals surface area (Å²) in [6.07, 6.45) is 5.76. The summed E-state index contributed by atoms with van der Waals surface area (Å²) in [5.41, 5.74) is 1.36. The van der Waals surface area contributed by atoms with Gasteiger partial charge >= 0.3 is 0 Å². The minimum Gasteiger partial charge on any atom is -0.392 e. The first kappa shape index (κ1) is 16.2. The monoisotopic (exact) mass is 320 g/mol. The third-order valence-corrected chi connectivity index (χ3v) is 5.46. The van der Waals surface area contributed by atoms with Crippen LogP contribution in [0, 0.1) is 15.5 Å². The summed E-state index contributed by atoms with van der Waals surface area (Å²) >= 11 is 0. The Balaban J connectivity index is 1.83.